The van der Waals surface area contributed by atoms with Crippen molar-refractivity contribution in [2.45, 2.75) is 26.2 Å². The van der Waals surface area contributed by atoms with Crippen molar-refractivity contribution in [3.8, 4) is 0 Å². The van der Waals surface area contributed by atoms with Gasteiger partial charge in [-0.1, -0.05) is 25.1 Å². The summed E-state index contributed by atoms with van der Waals surface area (Å²) in [6.45, 7) is 2.15. The minimum atomic E-state index is -0.165. The summed E-state index contributed by atoms with van der Waals surface area (Å²) in [7, 11) is 0. The fourth-order valence-corrected chi connectivity index (χ4v) is 3.17. The third-order valence-corrected chi connectivity index (χ3v) is 4.21. The highest BCUT2D eigenvalue weighted by Crippen LogP contribution is 2.34. The second kappa shape index (κ2) is 5.09. The van der Waals surface area contributed by atoms with Crippen molar-refractivity contribution in [1.82, 2.24) is 9.97 Å². The molecule has 0 saturated heterocycles. The number of hydrogen-bond acceptors (Lipinski definition) is 1. The number of hydrogen-bond donors (Lipinski definition) is 1. The third-order valence-electron chi connectivity index (χ3n) is 4.21. The van der Waals surface area contributed by atoms with Crippen molar-refractivity contribution in [3.05, 3.63) is 70.8 Å². The topological polar surface area (TPSA) is 28.7 Å². The molecule has 4 rings (SSSR count). The molecule has 0 spiro atoms. The maximum Gasteiger partial charge on any atom is 0.123 e. The molecule has 110 valence electrons. The van der Waals surface area contributed by atoms with E-state index in [-0.39, 0.29) is 5.82 Å². The van der Waals surface area contributed by atoms with Crippen molar-refractivity contribution in [3.63, 3.8) is 0 Å². The molecular weight excluding hydrogens is 275 g/mol. The summed E-state index contributed by atoms with van der Waals surface area (Å²) >= 11 is 0. The SMILES string of the molecule is CCCc1nc2ccc(C3=CCc4cc(F)ccc43)cc2[nH]1. The van der Waals surface area contributed by atoms with E-state index in [1.807, 2.05) is 6.07 Å². The molecule has 0 amide bonds. The highest BCUT2D eigenvalue weighted by molar-refractivity contribution is 5.89. The minimum Gasteiger partial charge on any atom is -0.342 e. The molecule has 0 unspecified atom stereocenters. The van der Waals surface area contributed by atoms with Crippen LogP contribution in [-0.4, -0.2) is 9.97 Å². The molecule has 3 heteroatoms. The molecule has 1 N–H and O–H groups in total. The first kappa shape index (κ1) is 13.3. The quantitative estimate of drug-likeness (QED) is 0.748. The number of nitrogens with zero attached hydrogens (tertiary/aromatic N) is 1. The number of aryl methyl sites for hydroxylation is 1. The lowest BCUT2D eigenvalue weighted by molar-refractivity contribution is 0.626. The van der Waals surface area contributed by atoms with E-state index in [0.717, 1.165) is 52.8 Å². The summed E-state index contributed by atoms with van der Waals surface area (Å²) in [6.07, 6.45) is 5.02. The van der Waals surface area contributed by atoms with E-state index in [4.69, 9.17) is 0 Å². The number of H-pyrrole nitrogens is 1. The molecule has 1 heterocycles. The Bertz CT molecular complexity index is 890. The van der Waals surface area contributed by atoms with Crippen LogP contribution >= 0.6 is 0 Å². The van der Waals surface area contributed by atoms with Crippen LogP contribution in [0.2, 0.25) is 0 Å². The zero-order chi connectivity index (χ0) is 15.1. The largest absolute Gasteiger partial charge is 0.342 e. The summed E-state index contributed by atoms with van der Waals surface area (Å²) in [5.74, 6) is 0.874. The Morgan fingerprint density at radius 1 is 1.18 bits per heavy atom. The van der Waals surface area contributed by atoms with Gasteiger partial charge in [0, 0.05) is 6.42 Å². The molecule has 0 fully saturated rings. The van der Waals surface area contributed by atoms with Crippen LogP contribution in [0.15, 0.2) is 42.5 Å². The van der Waals surface area contributed by atoms with Crippen molar-refractivity contribution in [1.29, 1.82) is 0 Å². The molecule has 1 aliphatic rings. The van der Waals surface area contributed by atoms with E-state index in [1.165, 1.54) is 11.6 Å². The van der Waals surface area contributed by atoms with E-state index in [1.54, 1.807) is 6.07 Å². The van der Waals surface area contributed by atoms with E-state index >= 15 is 0 Å². The number of aromatic nitrogens is 2. The fraction of sp³-hybridized carbons (Fsp3) is 0.211. The van der Waals surface area contributed by atoms with Gasteiger partial charge in [-0.15, -0.1) is 0 Å². The second-order valence-corrected chi connectivity index (χ2v) is 5.79. The molecule has 0 aliphatic heterocycles. The summed E-state index contributed by atoms with van der Waals surface area (Å²) in [6, 6.07) is 11.3. The average Bonchev–Trinajstić information content (AvgIpc) is 3.09. The van der Waals surface area contributed by atoms with Crippen molar-refractivity contribution < 1.29 is 4.39 Å². The molecule has 0 radical (unpaired) electrons. The highest BCUT2D eigenvalue weighted by Gasteiger charge is 2.16. The molecule has 0 saturated carbocycles. The summed E-state index contributed by atoms with van der Waals surface area (Å²) in [4.78, 5) is 8.00. The van der Waals surface area contributed by atoms with Gasteiger partial charge in [-0.2, -0.15) is 0 Å². The van der Waals surface area contributed by atoms with Gasteiger partial charge in [0.1, 0.15) is 11.6 Å². The van der Waals surface area contributed by atoms with Gasteiger partial charge in [0.2, 0.25) is 0 Å². The Balaban J connectivity index is 1.76. The van der Waals surface area contributed by atoms with Crippen LogP contribution in [-0.2, 0) is 12.8 Å². The van der Waals surface area contributed by atoms with E-state index < -0.39 is 0 Å². The van der Waals surface area contributed by atoms with E-state index in [9.17, 15) is 4.39 Å². The van der Waals surface area contributed by atoms with Crippen LogP contribution in [0.3, 0.4) is 0 Å². The number of rotatable bonds is 3. The lowest BCUT2D eigenvalue weighted by Crippen LogP contribution is -1.88. The maximum absolute atomic E-state index is 13.3. The van der Waals surface area contributed by atoms with Gasteiger partial charge in [-0.3, -0.25) is 0 Å². The first-order chi connectivity index (χ1) is 10.7. The summed E-state index contributed by atoms with van der Waals surface area (Å²) < 4.78 is 13.3. The van der Waals surface area contributed by atoms with Gasteiger partial charge < -0.3 is 4.98 Å². The van der Waals surface area contributed by atoms with Crippen molar-refractivity contribution >= 4 is 16.6 Å². The Kier molecular flexibility index (Phi) is 3.07. The van der Waals surface area contributed by atoms with Crippen molar-refractivity contribution in [2.24, 2.45) is 0 Å². The standard InChI is InChI=1S/C19H17FN2/c1-2-3-19-21-17-9-5-13(11-18(17)22-19)15-7-4-12-10-14(20)6-8-16(12)15/h5-11H,2-4H2,1H3,(H,21,22). The Morgan fingerprint density at radius 2 is 2.09 bits per heavy atom. The van der Waals surface area contributed by atoms with Crippen molar-refractivity contribution in [2.75, 3.05) is 0 Å². The first-order valence-electron chi connectivity index (χ1n) is 7.72. The minimum absolute atomic E-state index is 0.165. The monoisotopic (exact) mass is 292 g/mol. The molecule has 2 aromatic carbocycles. The predicted octanol–water partition coefficient (Wildman–Crippen LogP) is 4.64. The molecule has 22 heavy (non-hydrogen) atoms. The molecule has 1 aromatic heterocycles. The highest BCUT2D eigenvalue weighted by atomic mass is 19.1. The fourth-order valence-electron chi connectivity index (χ4n) is 3.17. The Hall–Kier alpha value is -2.42. The molecule has 0 bridgehead atoms. The maximum atomic E-state index is 13.3. The Morgan fingerprint density at radius 3 is 2.95 bits per heavy atom. The molecule has 2 nitrogen and oxygen atoms in total. The number of benzene rings is 2. The van der Waals surface area contributed by atoms with Gasteiger partial charge in [0.25, 0.3) is 0 Å². The van der Waals surface area contributed by atoms with Crippen LogP contribution in [0.25, 0.3) is 16.6 Å². The smallest absolute Gasteiger partial charge is 0.123 e. The normalized spacial score (nSPS) is 13.5. The van der Waals surface area contributed by atoms with Gasteiger partial charge in [-0.25, -0.2) is 9.37 Å². The lowest BCUT2D eigenvalue weighted by Gasteiger charge is -2.06. The van der Waals surface area contributed by atoms with Crippen LogP contribution in [0.4, 0.5) is 4.39 Å². The predicted molar refractivity (Wildman–Crippen MR) is 87.3 cm³/mol. The summed E-state index contributed by atoms with van der Waals surface area (Å²) in [5.41, 5.74) is 6.61. The number of aromatic amines is 1. The number of allylic oxidation sites excluding steroid dienone is 1. The Labute approximate surface area is 128 Å². The van der Waals surface area contributed by atoms with Crippen LogP contribution in [0, 0.1) is 5.82 Å². The van der Waals surface area contributed by atoms with E-state index in [0.29, 0.717) is 0 Å². The van der Waals surface area contributed by atoms with Crippen LogP contribution in [0.1, 0.15) is 35.9 Å². The number of imidazole rings is 1. The zero-order valence-corrected chi connectivity index (χ0v) is 12.5. The molecule has 0 atom stereocenters. The average molecular weight is 292 g/mol. The number of nitrogens with one attached hydrogen (secondary N) is 1. The van der Waals surface area contributed by atoms with Crippen LogP contribution in [0.5, 0.6) is 0 Å². The van der Waals surface area contributed by atoms with Crippen LogP contribution < -0.4 is 0 Å². The summed E-state index contributed by atoms with van der Waals surface area (Å²) in [5, 5.41) is 0. The van der Waals surface area contributed by atoms with Gasteiger partial charge >= 0.3 is 0 Å². The molecular formula is C19H17FN2. The van der Waals surface area contributed by atoms with Gasteiger partial charge in [-0.05, 0) is 59.4 Å². The molecule has 3 aromatic rings. The molecule has 1 aliphatic carbocycles. The number of halogens is 1. The number of fused-ring (bicyclic) bond motifs is 2. The third kappa shape index (κ3) is 2.13. The lowest BCUT2D eigenvalue weighted by atomic mass is 9.99. The first-order valence-corrected chi connectivity index (χ1v) is 7.72. The van der Waals surface area contributed by atoms with Gasteiger partial charge in [0.05, 0.1) is 11.0 Å². The zero-order valence-electron chi connectivity index (χ0n) is 12.5. The van der Waals surface area contributed by atoms with Gasteiger partial charge in [0.15, 0.2) is 0 Å². The second-order valence-electron chi connectivity index (χ2n) is 5.79. The van der Waals surface area contributed by atoms with E-state index in [2.05, 4.69) is 41.2 Å².